The SMILES string of the molecule is C=C1CC[C@@H]2[C@@](C)(CCC[C@@]2(C)C(=O)OC)[C@H]1CCc1ccoc1C[n+]1ccccc1. The second kappa shape index (κ2) is 8.64. The minimum atomic E-state index is -0.383. The van der Waals surface area contributed by atoms with Crippen LogP contribution in [-0.4, -0.2) is 13.1 Å². The molecule has 31 heavy (non-hydrogen) atoms. The smallest absolute Gasteiger partial charge is 0.311 e. The molecule has 2 saturated carbocycles. The second-order valence-corrected chi connectivity index (χ2v) is 10.0. The molecule has 0 bridgehead atoms. The van der Waals surface area contributed by atoms with Gasteiger partial charge in [0.2, 0.25) is 6.54 Å². The van der Waals surface area contributed by atoms with Crippen molar-refractivity contribution in [1.29, 1.82) is 0 Å². The second-order valence-electron chi connectivity index (χ2n) is 10.0. The number of furan rings is 1. The predicted molar refractivity (Wildman–Crippen MR) is 120 cm³/mol. The van der Waals surface area contributed by atoms with Crippen LogP contribution in [0.5, 0.6) is 0 Å². The van der Waals surface area contributed by atoms with Gasteiger partial charge in [-0.15, -0.1) is 0 Å². The largest absolute Gasteiger partial charge is 0.469 e. The maximum atomic E-state index is 12.8. The Kier molecular flexibility index (Phi) is 6.09. The number of nitrogens with zero attached hydrogens (tertiary/aromatic N) is 1. The molecule has 2 aliphatic rings. The Hall–Kier alpha value is -2.36. The van der Waals surface area contributed by atoms with Gasteiger partial charge in [0.25, 0.3) is 0 Å². The van der Waals surface area contributed by atoms with E-state index in [0.717, 1.165) is 57.3 Å². The maximum Gasteiger partial charge on any atom is 0.311 e. The zero-order valence-electron chi connectivity index (χ0n) is 19.2. The van der Waals surface area contributed by atoms with Crippen LogP contribution in [0.15, 0.2) is 59.5 Å². The number of ether oxygens (including phenoxy) is 1. The molecule has 0 unspecified atom stereocenters. The van der Waals surface area contributed by atoms with Gasteiger partial charge in [0.05, 0.1) is 18.8 Å². The summed E-state index contributed by atoms with van der Waals surface area (Å²) < 4.78 is 13.2. The van der Waals surface area contributed by atoms with Crippen LogP contribution in [0.1, 0.15) is 63.7 Å². The Balaban J connectivity index is 1.53. The van der Waals surface area contributed by atoms with Crippen LogP contribution in [0.2, 0.25) is 0 Å². The van der Waals surface area contributed by atoms with Gasteiger partial charge in [-0.3, -0.25) is 4.79 Å². The highest BCUT2D eigenvalue weighted by Gasteiger charge is 2.57. The zero-order valence-corrected chi connectivity index (χ0v) is 19.2. The van der Waals surface area contributed by atoms with Crippen molar-refractivity contribution in [1.82, 2.24) is 0 Å². The molecular formula is C27H36NO3+. The van der Waals surface area contributed by atoms with Gasteiger partial charge in [0.1, 0.15) is 0 Å². The molecule has 0 radical (unpaired) electrons. The fraction of sp³-hybridized carbons (Fsp3) is 0.556. The van der Waals surface area contributed by atoms with E-state index in [4.69, 9.17) is 9.15 Å². The van der Waals surface area contributed by atoms with Gasteiger partial charge in [-0.1, -0.05) is 31.6 Å². The molecule has 0 aromatic carbocycles. The van der Waals surface area contributed by atoms with Gasteiger partial charge >= 0.3 is 5.97 Å². The van der Waals surface area contributed by atoms with Gasteiger partial charge in [0, 0.05) is 17.7 Å². The summed E-state index contributed by atoms with van der Waals surface area (Å²) in [6.07, 6.45) is 13.2. The van der Waals surface area contributed by atoms with Crippen LogP contribution in [0, 0.1) is 22.7 Å². The van der Waals surface area contributed by atoms with Crippen molar-refractivity contribution in [2.45, 2.75) is 65.3 Å². The Labute approximate surface area is 186 Å². The number of fused-ring (bicyclic) bond motifs is 1. The van der Waals surface area contributed by atoms with Gasteiger partial charge in [-0.2, -0.15) is 4.57 Å². The Bertz CT molecular complexity index is 933. The summed E-state index contributed by atoms with van der Waals surface area (Å²) in [4.78, 5) is 12.8. The number of hydrogen-bond donors (Lipinski definition) is 0. The fourth-order valence-electron chi connectivity index (χ4n) is 6.69. The minimum absolute atomic E-state index is 0.0355. The van der Waals surface area contributed by atoms with Gasteiger partial charge in [0.15, 0.2) is 18.2 Å². The Morgan fingerprint density at radius 2 is 2.03 bits per heavy atom. The lowest BCUT2D eigenvalue weighted by Gasteiger charge is -2.57. The lowest BCUT2D eigenvalue weighted by atomic mass is 9.46. The third kappa shape index (κ3) is 3.97. The number of carbonyl (C=O) groups is 1. The zero-order chi connectivity index (χ0) is 22.1. The van der Waals surface area contributed by atoms with Crippen LogP contribution in [0.25, 0.3) is 0 Å². The average molecular weight is 423 g/mol. The molecule has 0 saturated heterocycles. The average Bonchev–Trinajstić information content (AvgIpc) is 3.20. The van der Waals surface area contributed by atoms with E-state index in [0.29, 0.717) is 11.8 Å². The topological polar surface area (TPSA) is 43.3 Å². The molecule has 2 aliphatic carbocycles. The van der Waals surface area contributed by atoms with Crippen molar-refractivity contribution >= 4 is 5.97 Å². The molecular weight excluding hydrogens is 386 g/mol. The molecule has 0 spiro atoms. The van der Waals surface area contributed by atoms with Crippen molar-refractivity contribution < 1.29 is 18.5 Å². The van der Waals surface area contributed by atoms with E-state index in [-0.39, 0.29) is 16.8 Å². The normalized spacial score (nSPS) is 30.6. The van der Waals surface area contributed by atoms with Crippen LogP contribution >= 0.6 is 0 Å². The molecule has 0 amide bonds. The number of hydrogen-bond acceptors (Lipinski definition) is 3. The molecule has 4 rings (SSSR count). The van der Waals surface area contributed by atoms with E-state index in [1.165, 1.54) is 18.2 Å². The molecule has 2 heterocycles. The number of carbonyl (C=O) groups excluding carboxylic acids is 1. The van der Waals surface area contributed by atoms with Gasteiger partial charge in [-0.25, -0.2) is 0 Å². The van der Waals surface area contributed by atoms with Crippen LogP contribution in [0.3, 0.4) is 0 Å². The summed E-state index contributed by atoms with van der Waals surface area (Å²) in [6.45, 7) is 9.78. The van der Waals surface area contributed by atoms with Gasteiger partial charge in [-0.05, 0) is 68.8 Å². The lowest BCUT2D eigenvalue weighted by Crippen LogP contribution is -2.53. The Morgan fingerprint density at radius 1 is 1.26 bits per heavy atom. The van der Waals surface area contributed by atoms with Crippen molar-refractivity contribution in [2.24, 2.45) is 22.7 Å². The summed E-state index contributed by atoms with van der Waals surface area (Å²) in [5.41, 5.74) is 2.34. The quantitative estimate of drug-likeness (QED) is 0.351. The van der Waals surface area contributed by atoms with Crippen molar-refractivity contribution in [3.05, 3.63) is 66.4 Å². The molecule has 4 nitrogen and oxygen atoms in total. The van der Waals surface area contributed by atoms with Crippen LogP contribution in [0.4, 0.5) is 0 Å². The molecule has 2 aromatic heterocycles. The van der Waals surface area contributed by atoms with Crippen molar-refractivity contribution in [3.8, 4) is 0 Å². The van der Waals surface area contributed by atoms with E-state index in [2.05, 4.69) is 43.5 Å². The standard InChI is InChI=1S/C27H36NO3/c1-20-9-12-24-26(2,14-8-15-27(24,3)25(29)30-4)22(20)11-10-21-13-18-31-23(21)19-28-16-6-5-7-17-28/h5-7,13,16-18,22,24H,1,8-12,14-15,19H2,2-4H3/q+1/t22-,24+,26-,27+/m0/s1. The summed E-state index contributed by atoms with van der Waals surface area (Å²) in [6, 6.07) is 8.22. The monoisotopic (exact) mass is 422 g/mol. The fourth-order valence-corrected chi connectivity index (χ4v) is 6.69. The lowest BCUT2D eigenvalue weighted by molar-refractivity contribution is -0.690. The van der Waals surface area contributed by atoms with E-state index < -0.39 is 0 Å². The molecule has 0 N–H and O–H groups in total. The number of rotatable bonds is 6. The first-order valence-electron chi connectivity index (χ1n) is 11.6. The first kappa shape index (κ1) is 21.9. The number of aromatic nitrogens is 1. The summed E-state index contributed by atoms with van der Waals surface area (Å²) in [5, 5.41) is 0. The minimum Gasteiger partial charge on any atom is -0.469 e. The van der Waals surface area contributed by atoms with E-state index in [9.17, 15) is 4.79 Å². The highest BCUT2D eigenvalue weighted by molar-refractivity contribution is 5.77. The third-order valence-corrected chi connectivity index (χ3v) is 8.31. The van der Waals surface area contributed by atoms with Crippen LogP contribution < -0.4 is 4.57 Å². The highest BCUT2D eigenvalue weighted by atomic mass is 16.5. The first-order chi connectivity index (χ1) is 14.9. The molecule has 2 fully saturated rings. The number of aryl methyl sites for hydroxylation is 1. The number of allylic oxidation sites excluding steroid dienone is 1. The number of esters is 1. The highest BCUT2D eigenvalue weighted by Crippen LogP contribution is 2.62. The van der Waals surface area contributed by atoms with Crippen LogP contribution in [-0.2, 0) is 22.5 Å². The van der Waals surface area contributed by atoms with Gasteiger partial charge < -0.3 is 9.15 Å². The molecule has 0 aliphatic heterocycles. The number of pyridine rings is 1. The first-order valence-corrected chi connectivity index (χ1v) is 11.6. The molecule has 166 valence electrons. The summed E-state index contributed by atoms with van der Waals surface area (Å²) in [5.74, 6) is 1.76. The predicted octanol–water partition coefficient (Wildman–Crippen LogP) is 5.50. The van der Waals surface area contributed by atoms with E-state index >= 15 is 0 Å². The molecule has 2 aromatic rings. The van der Waals surface area contributed by atoms with E-state index in [1.807, 2.05) is 24.5 Å². The summed E-state index contributed by atoms with van der Waals surface area (Å²) >= 11 is 0. The molecule has 4 heteroatoms. The summed E-state index contributed by atoms with van der Waals surface area (Å²) in [7, 11) is 1.53. The number of methoxy groups -OCH3 is 1. The van der Waals surface area contributed by atoms with Crippen molar-refractivity contribution in [3.63, 3.8) is 0 Å². The van der Waals surface area contributed by atoms with Crippen molar-refractivity contribution in [2.75, 3.05) is 7.11 Å². The molecule has 4 atom stereocenters. The third-order valence-electron chi connectivity index (χ3n) is 8.31. The Morgan fingerprint density at radius 3 is 2.77 bits per heavy atom. The van der Waals surface area contributed by atoms with E-state index in [1.54, 1.807) is 0 Å². The maximum absolute atomic E-state index is 12.8.